The van der Waals surface area contributed by atoms with Crippen molar-refractivity contribution in [2.75, 3.05) is 6.61 Å². The van der Waals surface area contributed by atoms with Crippen LogP contribution in [0.15, 0.2) is 36.0 Å². The summed E-state index contributed by atoms with van der Waals surface area (Å²) in [7, 11) is 0. The van der Waals surface area contributed by atoms with Crippen LogP contribution in [0.4, 0.5) is 13.2 Å². The molecule has 0 fully saturated rings. The number of allylic oxidation sites excluding steroid dienone is 1. The Morgan fingerprint density at radius 2 is 2.00 bits per heavy atom. The minimum atomic E-state index is -4.41. The van der Waals surface area contributed by atoms with Crippen molar-refractivity contribution in [1.29, 1.82) is 5.26 Å². The summed E-state index contributed by atoms with van der Waals surface area (Å²) in [6.45, 7) is 1.50. The molecule has 0 bridgehead atoms. The Morgan fingerprint density at radius 3 is 2.45 bits per heavy atom. The molecule has 0 amide bonds. The minimum absolute atomic E-state index is 0.0259. The van der Waals surface area contributed by atoms with Crippen molar-refractivity contribution in [2.24, 2.45) is 5.73 Å². The van der Waals surface area contributed by atoms with E-state index in [0.29, 0.717) is 11.3 Å². The number of nitrogens with two attached hydrogens (primary N) is 1. The quantitative estimate of drug-likeness (QED) is 0.669. The van der Waals surface area contributed by atoms with Gasteiger partial charge in [0, 0.05) is 18.2 Å². The molecule has 0 aliphatic carbocycles. The fraction of sp³-hybridized carbons (Fsp3) is 0.333. The van der Waals surface area contributed by atoms with Gasteiger partial charge in [-0.25, -0.2) is 4.79 Å². The third-order valence-electron chi connectivity index (χ3n) is 2.79. The van der Waals surface area contributed by atoms with Gasteiger partial charge in [0.15, 0.2) is 0 Å². The highest BCUT2D eigenvalue weighted by Gasteiger charge is 2.30. The van der Waals surface area contributed by atoms with Gasteiger partial charge in [-0.1, -0.05) is 12.1 Å². The molecule has 0 saturated carbocycles. The maximum absolute atomic E-state index is 12.5. The summed E-state index contributed by atoms with van der Waals surface area (Å²) < 4.78 is 42.2. The van der Waals surface area contributed by atoms with Gasteiger partial charge in [0.25, 0.3) is 0 Å². The van der Waals surface area contributed by atoms with Gasteiger partial charge < -0.3 is 10.5 Å². The van der Waals surface area contributed by atoms with E-state index in [9.17, 15) is 18.0 Å². The lowest BCUT2D eigenvalue weighted by atomic mass is 9.96. The molecule has 0 heterocycles. The largest absolute Gasteiger partial charge is 0.462 e. The average Bonchev–Trinajstić information content (AvgIpc) is 2.42. The second-order valence-electron chi connectivity index (χ2n) is 4.65. The molecule has 7 heteroatoms. The normalized spacial score (nSPS) is 13.3. The Balaban J connectivity index is 2.64. The number of alkyl halides is 3. The first-order valence-corrected chi connectivity index (χ1v) is 6.41. The SMILES string of the molecule is C/C(N)=C/C(=O)OCCC(C#N)c1ccc(C(F)(F)F)cc1. The van der Waals surface area contributed by atoms with Gasteiger partial charge in [0.1, 0.15) is 0 Å². The maximum Gasteiger partial charge on any atom is 0.416 e. The topological polar surface area (TPSA) is 76.1 Å². The first-order chi connectivity index (χ1) is 10.2. The molecule has 0 spiro atoms. The van der Waals surface area contributed by atoms with Crippen molar-refractivity contribution < 1.29 is 22.7 Å². The van der Waals surface area contributed by atoms with E-state index < -0.39 is 23.6 Å². The number of halogens is 3. The van der Waals surface area contributed by atoms with E-state index in [4.69, 9.17) is 15.7 Å². The first kappa shape index (κ1) is 17.6. The number of hydrogen-bond acceptors (Lipinski definition) is 4. The summed E-state index contributed by atoms with van der Waals surface area (Å²) in [4.78, 5) is 11.2. The Morgan fingerprint density at radius 1 is 1.41 bits per heavy atom. The summed E-state index contributed by atoms with van der Waals surface area (Å²) >= 11 is 0. The van der Waals surface area contributed by atoms with E-state index in [1.165, 1.54) is 19.1 Å². The molecule has 2 N–H and O–H groups in total. The molecular weight excluding hydrogens is 297 g/mol. The molecule has 22 heavy (non-hydrogen) atoms. The molecule has 0 aromatic heterocycles. The summed E-state index contributed by atoms with van der Waals surface area (Å²) in [5, 5.41) is 9.07. The van der Waals surface area contributed by atoms with Gasteiger partial charge in [-0.15, -0.1) is 0 Å². The van der Waals surface area contributed by atoms with Crippen LogP contribution in [0.3, 0.4) is 0 Å². The number of esters is 1. The van der Waals surface area contributed by atoms with Crippen LogP contribution in [0.1, 0.15) is 30.4 Å². The molecule has 1 unspecified atom stereocenters. The summed E-state index contributed by atoms with van der Waals surface area (Å²) in [5.41, 5.74) is 5.27. The van der Waals surface area contributed by atoms with Crippen LogP contribution in [-0.4, -0.2) is 12.6 Å². The van der Waals surface area contributed by atoms with Crippen molar-refractivity contribution in [3.05, 3.63) is 47.2 Å². The van der Waals surface area contributed by atoms with E-state index >= 15 is 0 Å². The van der Waals surface area contributed by atoms with E-state index in [1.807, 2.05) is 6.07 Å². The van der Waals surface area contributed by atoms with Crippen LogP contribution in [0.25, 0.3) is 0 Å². The van der Waals surface area contributed by atoms with Crippen molar-refractivity contribution in [1.82, 2.24) is 0 Å². The standard InChI is InChI=1S/C15H15F3N2O2/c1-10(20)8-14(21)22-7-6-12(9-19)11-2-4-13(5-3-11)15(16,17)18/h2-5,8,12H,6-7,20H2,1H3/b10-8-. The Hall–Kier alpha value is -2.49. The van der Waals surface area contributed by atoms with Crippen LogP contribution in [0.2, 0.25) is 0 Å². The number of nitrogens with zero attached hydrogens (tertiary/aromatic N) is 1. The van der Waals surface area contributed by atoms with Gasteiger partial charge in [-0.3, -0.25) is 0 Å². The maximum atomic E-state index is 12.5. The zero-order valence-electron chi connectivity index (χ0n) is 11.9. The van der Waals surface area contributed by atoms with E-state index in [1.54, 1.807) is 0 Å². The number of carbonyl (C=O) groups is 1. The second kappa shape index (κ2) is 7.50. The van der Waals surface area contributed by atoms with Gasteiger partial charge in [0.2, 0.25) is 0 Å². The van der Waals surface area contributed by atoms with Gasteiger partial charge >= 0.3 is 12.1 Å². The fourth-order valence-electron chi connectivity index (χ4n) is 1.72. The zero-order valence-corrected chi connectivity index (χ0v) is 11.9. The fourth-order valence-corrected chi connectivity index (χ4v) is 1.72. The number of nitriles is 1. The number of benzene rings is 1. The van der Waals surface area contributed by atoms with Gasteiger partial charge in [-0.05, 0) is 24.6 Å². The lowest BCUT2D eigenvalue weighted by molar-refractivity contribution is -0.138. The lowest BCUT2D eigenvalue weighted by Crippen LogP contribution is -2.09. The molecule has 1 atom stereocenters. The van der Waals surface area contributed by atoms with E-state index in [2.05, 4.69) is 0 Å². The zero-order chi connectivity index (χ0) is 16.8. The first-order valence-electron chi connectivity index (χ1n) is 6.41. The predicted molar refractivity (Wildman–Crippen MR) is 73.3 cm³/mol. The Labute approximate surface area is 126 Å². The number of carbonyl (C=O) groups excluding carboxylic acids is 1. The molecule has 118 valence electrons. The third kappa shape index (κ3) is 5.48. The molecular formula is C15H15F3N2O2. The van der Waals surface area contributed by atoms with Crippen molar-refractivity contribution in [3.8, 4) is 6.07 Å². The smallest absolute Gasteiger partial charge is 0.416 e. The second-order valence-corrected chi connectivity index (χ2v) is 4.65. The third-order valence-corrected chi connectivity index (χ3v) is 2.79. The summed E-state index contributed by atoms with van der Waals surface area (Å²) in [6.07, 6.45) is -3.12. The summed E-state index contributed by atoms with van der Waals surface area (Å²) in [5.74, 6) is -1.28. The van der Waals surface area contributed by atoms with E-state index in [-0.39, 0.29) is 13.0 Å². The molecule has 0 aliphatic rings. The Kier molecular flexibility index (Phi) is 5.99. The molecule has 0 aliphatic heterocycles. The molecule has 0 radical (unpaired) electrons. The Bertz CT molecular complexity index is 582. The molecule has 1 rings (SSSR count). The van der Waals surface area contributed by atoms with Crippen molar-refractivity contribution >= 4 is 5.97 Å². The van der Waals surface area contributed by atoms with Crippen LogP contribution in [-0.2, 0) is 15.7 Å². The van der Waals surface area contributed by atoms with E-state index in [0.717, 1.165) is 18.2 Å². The molecule has 1 aromatic rings. The lowest BCUT2D eigenvalue weighted by Gasteiger charge is -2.11. The van der Waals surface area contributed by atoms with Gasteiger partial charge in [-0.2, -0.15) is 18.4 Å². The number of hydrogen-bond donors (Lipinski definition) is 1. The predicted octanol–water partition coefficient (Wildman–Crippen LogP) is 3.11. The molecule has 1 aromatic carbocycles. The highest BCUT2D eigenvalue weighted by Crippen LogP contribution is 2.30. The number of ether oxygens (including phenoxy) is 1. The van der Waals surface area contributed by atoms with Gasteiger partial charge in [0.05, 0.1) is 24.2 Å². The van der Waals surface area contributed by atoms with Crippen LogP contribution in [0, 0.1) is 11.3 Å². The van der Waals surface area contributed by atoms with Crippen molar-refractivity contribution in [3.63, 3.8) is 0 Å². The molecule has 4 nitrogen and oxygen atoms in total. The molecule has 0 saturated heterocycles. The monoisotopic (exact) mass is 312 g/mol. The van der Waals surface area contributed by atoms with Crippen LogP contribution in [0.5, 0.6) is 0 Å². The van der Waals surface area contributed by atoms with Crippen LogP contribution < -0.4 is 5.73 Å². The van der Waals surface area contributed by atoms with Crippen LogP contribution >= 0.6 is 0 Å². The highest BCUT2D eigenvalue weighted by molar-refractivity contribution is 5.82. The number of rotatable bonds is 5. The average molecular weight is 312 g/mol. The minimum Gasteiger partial charge on any atom is -0.462 e. The highest BCUT2D eigenvalue weighted by atomic mass is 19.4. The summed E-state index contributed by atoms with van der Waals surface area (Å²) in [6, 6.07) is 6.33. The van der Waals surface area contributed by atoms with Crippen molar-refractivity contribution in [2.45, 2.75) is 25.4 Å².